The number of hydrogen-bond donors (Lipinski definition) is 2. The number of allylic oxidation sites excluding steroid dienone is 2. The Balaban J connectivity index is 1.69. The number of carbonyl (C=O) groups excluding carboxylic acids is 2. The molecule has 4 rings (SSSR count). The fourth-order valence-electron chi connectivity index (χ4n) is 4.19. The lowest BCUT2D eigenvalue weighted by atomic mass is 10.1. The van der Waals surface area contributed by atoms with Crippen molar-refractivity contribution in [3.8, 4) is 5.75 Å². The molecule has 2 heterocycles. The summed E-state index contributed by atoms with van der Waals surface area (Å²) in [5, 5.41) is 5.66. The van der Waals surface area contributed by atoms with Gasteiger partial charge in [0.2, 0.25) is 23.3 Å². The van der Waals surface area contributed by atoms with Crippen LogP contribution in [0.3, 0.4) is 0 Å². The summed E-state index contributed by atoms with van der Waals surface area (Å²) in [4.78, 5) is 25.0. The van der Waals surface area contributed by atoms with Crippen molar-refractivity contribution in [1.29, 1.82) is 0 Å². The number of ether oxygens (including phenoxy) is 1. The third-order valence-electron chi connectivity index (χ3n) is 5.76. The molecular formula is C27H31N4O4+. The molecule has 0 aliphatic carbocycles. The number of carbonyl (C=O) groups is 2. The van der Waals surface area contributed by atoms with E-state index in [4.69, 9.17) is 9.15 Å². The molecule has 8 heteroatoms. The van der Waals surface area contributed by atoms with Crippen molar-refractivity contribution < 1.29 is 23.3 Å². The van der Waals surface area contributed by atoms with E-state index in [1.807, 2.05) is 48.6 Å². The van der Waals surface area contributed by atoms with Gasteiger partial charge in [-0.1, -0.05) is 6.92 Å². The molecule has 0 radical (unpaired) electrons. The van der Waals surface area contributed by atoms with Gasteiger partial charge in [0.05, 0.1) is 11.8 Å². The predicted octanol–water partition coefficient (Wildman–Crippen LogP) is 5.21. The molecule has 0 spiro atoms. The molecule has 2 amide bonds. The Morgan fingerprint density at radius 1 is 1.00 bits per heavy atom. The van der Waals surface area contributed by atoms with Crippen molar-refractivity contribution in [2.45, 2.75) is 47.6 Å². The Morgan fingerprint density at radius 3 is 2.31 bits per heavy atom. The number of amides is 2. The number of nitrogens with one attached hydrogen (secondary N) is 2. The van der Waals surface area contributed by atoms with Crippen LogP contribution in [0.2, 0.25) is 0 Å². The number of oxazole rings is 1. The van der Waals surface area contributed by atoms with E-state index in [9.17, 15) is 9.59 Å². The summed E-state index contributed by atoms with van der Waals surface area (Å²) in [5.74, 6) is 1.97. The first-order chi connectivity index (χ1) is 16.8. The van der Waals surface area contributed by atoms with Crippen LogP contribution in [0.15, 0.2) is 58.3 Å². The largest absolute Gasteiger partial charge is 0.439 e. The number of rotatable bonds is 7. The molecule has 3 aromatic rings. The van der Waals surface area contributed by atoms with Gasteiger partial charge in [0.25, 0.3) is 5.52 Å². The van der Waals surface area contributed by atoms with Crippen molar-refractivity contribution in [2.24, 2.45) is 0 Å². The third kappa shape index (κ3) is 5.06. The van der Waals surface area contributed by atoms with Crippen molar-refractivity contribution in [3.63, 3.8) is 0 Å². The van der Waals surface area contributed by atoms with Gasteiger partial charge in [-0.15, -0.1) is 0 Å². The zero-order chi connectivity index (χ0) is 25.1. The number of benzene rings is 2. The van der Waals surface area contributed by atoms with Gasteiger partial charge in [-0.25, -0.2) is 0 Å². The zero-order valence-corrected chi connectivity index (χ0v) is 20.8. The van der Waals surface area contributed by atoms with Crippen molar-refractivity contribution in [1.82, 2.24) is 0 Å². The molecular weight excluding hydrogens is 444 g/mol. The quantitative estimate of drug-likeness (QED) is 0.458. The average Bonchev–Trinajstić information content (AvgIpc) is 3.33. The molecule has 35 heavy (non-hydrogen) atoms. The molecule has 1 aliphatic rings. The van der Waals surface area contributed by atoms with Gasteiger partial charge >= 0.3 is 5.89 Å². The highest BCUT2D eigenvalue weighted by Crippen LogP contribution is 2.41. The topological polar surface area (TPSA) is 87.7 Å². The van der Waals surface area contributed by atoms with Crippen molar-refractivity contribution in [2.75, 3.05) is 22.1 Å². The number of fused-ring (bicyclic) bond motifs is 2. The lowest BCUT2D eigenvalue weighted by Crippen LogP contribution is -2.33. The van der Waals surface area contributed by atoms with Crippen LogP contribution < -0.4 is 24.8 Å². The molecule has 2 N–H and O–H groups in total. The Morgan fingerprint density at radius 2 is 1.69 bits per heavy atom. The van der Waals surface area contributed by atoms with Gasteiger partial charge in [0, 0.05) is 43.9 Å². The molecule has 0 atom stereocenters. The molecule has 0 bridgehead atoms. The maximum Gasteiger partial charge on any atom is 0.374 e. The first-order valence-corrected chi connectivity index (χ1v) is 11.9. The summed E-state index contributed by atoms with van der Waals surface area (Å²) < 4.78 is 14.4. The minimum atomic E-state index is -0.113. The molecule has 0 unspecified atom stereocenters. The van der Waals surface area contributed by atoms with Gasteiger partial charge in [0.1, 0.15) is 6.54 Å². The lowest BCUT2D eigenvalue weighted by molar-refractivity contribution is -0.674. The standard InChI is InChI=1S/C27H30N4O4/c1-6-19(13-26-30(7-2)22-15-20(28-17(4)32)9-11-24(22)34-26)14-27-31(8-3)23-16-21(29-18(5)33)10-12-25(23)35-27/h9-16H,6-8H2,1-5H3,(H-,28,29,32,33)/p+1. The molecule has 0 saturated carbocycles. The molecule has 1 aliphatic heterocycles. The molecule has 2 aromatic carbocycles. The van der Waals surface area contributed by atoms with E-state index >= 15 is 0 Å². The Bertz CT molecular complexity index is 1350. The van der Waals surface area contributed by atoms with E-state index in [1.165, 1.54) is 13.8 Å². The predicted molar refractivity (Wildman–Crippen MR) is 137 cm³/mol. The van der Waals surface area contributed by atoms with Crippen LogP contribution in [0.25, 0.3) is 17.2 Å². The summed E-state index contributed by atoms with van der Waals surface area (Å²) in [5.41, 5.74) is 5.08. The third-order valence-corrected chi connectivity index (χ3v) is 5.76. The Labute approximate surface area is 204 Å². The molecule has 0 saturated heterocycles. The van der Waals surface area contributed by atoms with Crippen LogP contribution in [0.4, 0.5) is 17.1 Å². The van der Waals surface area contributed by atoms with Crippen molar-refractivity contribution >= 4 is 46.1 Å². The number of aryl methyl sites for hydroxylation is 1. The highest BCUT2D eigenvalue weighted by Gasteiger charge is 2.26. The lowest BCUT2D eigenvalue weighted by Gasteiger charge is -2.16. The summed E-state index contributed by atoms with van der Waals surface area (Å²) in [7, 11) is 0. The summed E-state index contributed by atoms with van der Waals surface area (Å²) in [6, 6.07) is 11.3. The van der Waals surface area contributed by atoms with E-state index in [2.05, 4.69) is 40.9 Å². The maximum atomic E-state index is 11.5. The highest BCUT2D eigenvalue weighted by atomic mass is 16.5. The SMILES string of the molecule is CCC(/C=C1\Oc2ccc(NC(C)=O)cc2N1CC)=C\c1oc2ccc(NC(C)=O)cc2[n+]1CC. The normalized spacial score (nSPS) is 14.3. The molecule has 1 aromatic heterocycles. The smallest absolute Gasteiger partial charge is 0.374 e. The summed E-state index contributed by atoms with van der Waals surface area (Å²) >= 11 is 0. The Kier molecular flexibility index (Phi) is 6.91. The number of nitrogens with zero attached hydrogens (tertiary/aromatic N) is 2. The van der Waals surface area contributed by atoms with Gasteiger partial charge in [0.15, 0.2) is 5.75 Å². The number of aromatic nitrogens is 1. The van der Waals surface area contributed by atoms with Crippen LogP contribution in [-0.4, -0.2) is 18.4 Å². The van der Waals surface area contributed by atoms with Crippen LogP contribution in [0.5, 0.6) is 5.75 Å². The first-order valence-electron chi connectivity index (χ1n) is 11.9. The maximum absolute atomic E-state index is 11.5. The number of hydrogen-bond acceptors (Lipinski definition) is 5. The Hall–Kier alpha value is -4.07. The van der Waals surface area contributed by atoms with E-state index in [-0.39, 0.29) is 11.8 Å². The van der Waals surface area contributed by atoms with Gasteiger partial charge in [-0.05, 0) is 56.2 Å². The second-order valence-electron chi connectivity index (χ2n) is 8.31. The zero-order valence-electron chi connectivity index (χ0n) is 20.8. The van der Waals surface area contributed by atoms with E-state index in [0.29, 0.717) is 13.1 Å². The molecule has 8 nitrogen and oxygen atoms in total. The van der Waals surface area contributed by atoms with Crippen molar-refractivity contribution in [3.05, 3.63) is 59.8 Å². The van der Waals surface area contributed by atoms with E-state index in [0.717, 1.165) is 57.7 Å². The van der Waals surface area contributed by atoms with Gasteiger partial charge in [-0.3, -0.25) is 9.59 Å². The molecule has 182 valence electrons. The van der Waals surface area contributed by atoms with Crippen LogP contribution in [0, 0.1) is 0 Å². The summed E-state index contributed by atoms with van der Waals surface area (Å²) in [6.07, 6.45) is 4.82. The summed E-state index contributed by atoms with van der Waals surface area (Å²) in [6.45, 7) is 10.6. The van der Waals surface area contributed by atoms with Crippen LogP contribution in [0.1, 0.15) is 46.9 Å². The van der Waals surface area contributed by atoms with Gasteiger partial charge in [-0.2, -0.15) is 4.57 Å². The average molecular weight is 476 g/mol. The first kappa shape index (κ1) is 24.1. The second kappa shape index (κ2) is 10.0. The van der Waals surface area contributed by atoms with Crippen LogP contribution >= 0.6 is 0 Å². The fourth-order valence-corrected chi connectivity index (χ4v) is 4.19. The monoisotopic (exact) mass is 475 g/mol. The molecule has 0 fully saturated rings. The minimum Gasteiger partial charge on any atom is -0.439 e. The second-order valence-corrected chi connectivity index (χ2v) is 8.31. The van der Waals surface area contributed by atoms with Gasteiger partial charge < -0.3 is 24.7 Å². The van der Waals surface area contributed by atoms with E-state index in [1.54, 1.807) is 0 Å². The van der Waals surface area contributed by atoms with Crippen LogP contribution in [-0.2, 0) is 16.1 Å². The fraction of sp³-hybridized carbons (Fsp3) is 0.296. The minimum absolute atomic E-state index is 0.113. The number of anilines is 3. The highest BCUT2D eigenvalue weighted by molar-refractivity contribution is 5.91. The van der Waals surface area contributed by atoms with E-state index < -0.39 is 0 Å².